The summed E-state index contributed by atoms with van der Waals surface area (Å²) in [6, 6.07) is 0. The van der Waals surface area contributed by atoms with Gasteiger partial charge in [0.25, 0.3) is 0 Å². The number of ether oxygens (including phenoxy) is 2. The van der Waals surface area contributed by atoms with E-state index >= 15 is 0 Å². The van der Waals surface area contributed by atoms with Crippen LogP contribution in [0, 0.1) is 34.5 Å². The molecule has 0 aromatic heterocycles. The predicted octanol–water partition coefficient (Wildman–Crippen LogP) is 4.47. The number of carboxylic acids is 1. The molecule has 0 saturated heterocycles. The minimum Gasteiger partial charge on any atom is -0.498 e. The Morgan fingerprint density at radius 1 is 1.16 bits per heavy atom. The van der Waals surface area contributed by atoms with Crippen LogP contribution in [-0.4, -0.2) is 41.5 Å². The molecule has 0 aromatic carbocycles. The molecule has 1 unspecified atom stereocenters. The molecular formula is C26H38O6. The van der Waals surface area contributed by atoms with Crippen molar-refractivity contribution in [2.24, 2.45) is 34.5 Å². The normalized spacial score (nSPS) is 42.7. The highest BCUT2D eigenvalue weighted by Crippen LogP contribution is 2.68. The Balaban J connectivity index is 1.74. The summed E-state index contributed by atoms with van der Waals surface area (Å²) < 4.78 is 11.1. The Hall–Kier alpha value is -1.82. The van der Waals surface area contributed by atoms with E-state index in [1.165, 1.54) is 12.7 Å². The van der Waals surface area contributed by atoms with Gasteiger partial charge in [-0.3, -0.25) is 9.59 Å². The first-order valence-electron chi connectivity index (χ1n) is 12.2. The van der Waals surface area contributed by atoms with Crippen molar-refractivity contribution in [1.29, 1.82) is 0 Å². The van der Waals surface area contributed by atoms with E-state index in [1.54, 1.807) is 0 Å². The molecule has 4 aliphatic rings. The summed E-state index contributed by atoms with van der Waals surface area (Å²) in [4.78, 5) is 24.3. The summed E-state index contributed by atoms with van der Waals surface area (Å²) >= 11 is 0. The molecule has 6 heteroatoms. The maximum atomic E-state index is 13.0. The molecule has 2 N–H and O–H groups in total. The number of carboxylic acid groups (broad SMARTS) is 1. The van der Waals surface area contributed by atoms with E-state index < -0.39 is 17.0 Å². The number of aliphatic hydroxyl groups is 1. The number of carbonyl (C=O) groups is 2. The van der Waals surface area contributed by atoms with Gasteiger partial charge in [-0.15, -0.1) is 0 Å². The van der Waals surface area contributed by atoms with Crippen molar-refractivity contribution in [3.05, 3.63) is 23.5 Å². The number of esters is 1. The third-order valence-corrected chi connectivity index (χ3v) is 9.67. The van der Waals surface area contributed by atoms with Crippen LogP contribution in [0.15, 0.2) is 23.5 Å². The minimum absolute atomic E-state index is 0.0277. The number of aliphatic carboxylic acids is 1. The molecule has 6 nitrogen and oxygen atoms in total. The van der Waals surface area contributed by atoms with Gasteiger partial charge in [-0.25, -0.2) is 0 Å². The lowest BCUT2D eigenvalue weighted by atomic mass is 9.45. The first-order valence-corrected chi connectivity index (χ1v) is 12.2. The monoisotopic (exact) mass is 446 g/mol. The second-order valence-electron chi connectivity index (χ2n) is 10.8. The predicted molar refractivity (Wildman–Crippen MR) is 120 cm³/mol. The van der Waals surface area contributed by atoms with Gasteiger partial charge in [-0.05, 0) is 85.7 Å². The molecule has 0 aliphatic heterocycles. The van der Waals surface area contributed by atoms with Crippen molar-refractivity contribution in [2.45, 2.75) is 77.7 Å². The molecule has 4 rings (SSSR count). The van der Waals surface area contributed by atoms with Crippen LogP contribution in [0.2, 0.25) is 0 Å². The number of allylic oxidation sites excluding steroid dienone is 3. The van der Waals surface area contributed by atoms with Crippen molar-refractivity contribution in [3.8, 4) is 0 Å². The molecular weight excluding hydrogens is 408 g/mol. The molecule has 2 fully saturated rings. The number of carbonyl (C=O) groups excluding carboxylic acids is 1. The Labute approximate surface area is 191 Å². The van der Waals surface area contributed by atoms with Crippen LogP contribution in [0.5, 0.6) is 0 Å². The molecule has 0 bridgehead atoms. The van der Waals surface area contributed by atoms with Crippen LogP contribution >= 0.6 is 0 Å². The topological polar surface area (TPSA) is 93.1 Å². The van der Waals surface area contributed by atoms with Gasteiger partial charge in [-0.1, -0.05) is 19.9 Å². The molecule has 178 valence electrons. The fourth-order valence-electron chi connectivity index (χ4n) is 7.82. The molecule has 4 aliphatic carbocycles. The van der Waals surface area contributed by atoms with Gasteiger partial charge in [0.15, 0.2) is 0 Å². The highest BCUT2D eigenvalue weighted by atomic mass is 16.5. The van der Waals surface area contributed by atoms with Gasteiger partial charge < -0.3 is 19.7 Å². The van der Waals surface area contributed by atoms with E-state index in [4.69, 9.17) is 9.47 Å². The molecule has 2 saturated carbocycles. The summed E-state index contributed by atoms with van der Waals surface area (Å²) in [5.41, 5.74) is -0.231. The summed E-state index contributed by atoms with van der Waals surface area (Å²) in [6.07, 6.45) is 9.59. The Morgan fingerprint density at radius 3 is 2.53 bits per heavy atom. The molecule has 0 amide bonds. The summed E-state index contributed by atoms with van der Waals surface area (Å²) in [5.74, 6) is 0.137. The Bertz CT molecular complexity index is 845. The molecule has 0 aromatic rings. The van der Waals surface area contributed by atoms with Crippen molar-refractivity contribution in [2.75, 3.05) is 13.7 Å². The molecule has 0 radical (unpaired) electrons. The standard InChI is InChI=1S/C26H38O6/c1-5-32-17-6-10-24(2)16(14-17)15-18(23(29)31-4)22-19(24)7-11-25(3)20(22)8-12-26(25,30)13-9-21(27)28/h14-15,18-20,22,30H,5-13H2,1-4H3,(H,27,28)/t18?,19-,20-,22+,24-,25-,26-/m0/s1. The van der Waals surface area contributed by atoms with E-state index in [0.29, 0.717) is 18.9 Å². The third-order valence-electron chi connectivity index (χ3n) is 9.67. The highest BCUT2D eigenvalue weighted by molar-refractivity contribution is 5.76. The van der Waals surface area contributed by atoms with Crippen LogP contribution in [0.4, 0.5) is 0 Å². The molecule has 0 spiro atoms. The molecule has 0 heterocycles. The van der Waals surface area contributed by atoms with Crippen molar-refractivity contribution >= 4 is 11.9 Å². The van der Waals surface area contributed by atoms with Gasteiger partial charge in [0, 0.05) is 12.8 Å². The average molecular weight is 447 g/mol. The van der Waals surface area contributed by atoms with E-state index in [9.17, 15) is 19.8 Å². The number of hydrogen-bond donors (Lipinski definition) is 2. The first-order chi connectivity index (χ1) is 15.1. The van der Waals surface area contributed by atoms with Crippen LogP contribution < -0.4 is 0 Å². The lowest BCUT2D eigenvalue weighted by molar-refractivity contribution is -0.161. The van der Waals surface area contributed by atoms with Gasteiger partial charge in [0.1, 0.15) is 0 Å². The zero-order chi connectivity index (χ0) is 23.3. The second kappa shape index (κ2) is 8.19. The maximum Gasteiger partial charge on any atom is 0.312 e. The van der Waals surface area contributed by atoms with Crippen molar-refractivity contribution in [3.63, 3.8) is 0 Å². The van der Waals surface area contributed by atoms with Crippen LogP contribution in [0.1, 0.15) is 72.1 Å². The highest BCUT2D eigenvalue weighted by Gasteiger charge is 2.65. The van der Waals surface area contributed by atoms with E-state index in [0.717, 1.165) is 37.9 Å². The number of hydrogen-bond acceptors (Lipinski definition) is 5. The van der Waals surface area contributed by atoms with E-state index in [1.807, 2.05) is 6.92 Å². The molecule has 7 atom stereocenters. The van der Waals surface area contributed by atoms with Gasteiger partial charge in [-0.2, -0.15) is 0 Å². The summed E-state index contributed by atoms with van der Waals surface area (Å²) in [6.45, 7) is 7.09. The third kappa shape index (κ3) is 3.41. The number of methoxy groups -OCH3 is 1. The Kier molecular flexibility index (Phi) is 5.98. The Morgan fingerprint density at radius 2 is 1.88 bits per heavy atom. The van der Waals surface area contributed by atoms with E-state index in [-0.39, 0.29) is 42.0 Å². The van der Waals surface area contributed by atoms with Crippen molar-refractivity contribution < 1.29 is 29.3 Å². The average Bonchev–Trinajstić information content (AvgIpc) is 3.03. The molecule has 32 heavy (non-hydrogen) atoms. The zero-order valence-electron chi connectivity index (χ0n) is 19.9. The second-order valence-corrected chi connectivity index (χ2v) is 10.8. The number of fused-ring (bicyclic) bond motifs is 5. The first kappa shape index (κ1) is 23.3. The fraction of sp³-hybridized carbons (Fsp3) is 0.769. The van der Waals surface area contributed by atoms with Crippen LogP contribution in [0.25, 0.3) is 0 Å². The van der Waals surface area contributed by atoms with Crippen LogP contribution in [-0.2, 0) is 19.1 Å². The van der Waals surface area contributed by atoms with E-state index in [2.05, 4.69) is 26.0 Å². The van der Waals surface area contributed by atoms with Gasteiger partial charge in [0.2, 0.25) is 0 Å². The lowest BCUT2D eigenvalue weighted by Gasteiger charge is -2.59. The van der Waals surface area contributed by atoms with Gasteiger partial charge in [0.05, 0.1) is 31.0 Å². The van der Waals surface area contributed by atoms with Crippen molar-refractivity contribution in [1.82, 2.24) is 0 Å². The quantitative estimate of drug-likeness (QED) is 0.585. The fourth-order valence-corrected chi connectivity index (χ4v) is 7.82. The summed E-state index contributed by atoms with van der Waals surface area (Å²) in [5, 5.41) is 20.9. The smallest absolute Gasteiger partial charge is 0.312 e. The maximum absolute atomic E-state index is 13.0. The lowest BCUT2D eigenvalue weighted by Crippen LogP contribution is -2.57. The zero-order valence-corrected chi connectivity index (χ0v) is 19.9. The van der Waals surface area contributed by atoms with Gasteiger partial charge >= 0.3 is 11.9 Å². The summed E-state index contributed by atoms with van der Waals surface area (Å²) in [7, 11) is 1.45. The number of rotatable bonds is 6. The minimum atomic E-state index is -0.999. The SMILES string of the molecule is CCOC1=CC2=CC(C(=O)OC)[C@@H]3[C@H](CC[C@@]4(C)[C@H]3CC[C@]4(O)CCC(=O)O)[C@@]2(C)CC1. The van der Waals surface area contributed by atoms with Crippen LogP contribution in [0.3, 0.4) is 0 Å². The largest absolute Gasteiger partial charge is 0.498 e.